The summed E-state index contributed by atoms with van der Waals surface area (Å²) in [6.45, 7) is 2.00. The van der Waals surface area contributed by atoms with Crippen molar-refractivity contribution in [3.8, 4) is 0 Å². The van der Waals surface area contributed by atoms with Crippen LogP contribution < -0.4 is 0 Å². The van der Waals surface area contributed by atoms with Gasteiger partial charge in [-0.05, 0) is 37.0 Å². The largest absolute Gasteiger partial charge is 0.390 e. The Balaban J connectivity index is 2.00. The van der Waals surface area contributed by atoms with Crippen LogP contribution in [-0.2, 0) is 0 Å². The number of hydrogen-bond donors (Lipinski definition) is 1. The Hall–Kier alpha value is -0.560. The smallest absolute Gasteiger partial charge is 0.0662 e. The first-order valence-corrected chi connectivity index (χ1v) is 4.77. The normalized spacial score (nSPS) is 59.8. The quantitative estimate of drug-likeness (QED) is 0.575. The Morgan fingerprint density at radius 2 is 2.08 bits per heavy atom. The maximum Gasteiger partial charge on any atom is 0.0662 e. The third-order valence-corrected chi connectivity index (χ3v) is 3.80. The van der Waals surface area contributed by atoms with Crippen LogP contribution in [0.1, 0.15) is 13.3 Å². The summed E-state index contributed by atoms with van der Waals surface area (Å²) in [5, 5.41) is 10.1. The molecule has 2 saturated carbocycles. The molecule has 0 radical (unpaired) electrons. The van der Waals surface area contributed by atoms with Gasteiger partial charge in [0.25, 0.3) is 0 Å². The predicted molar refractivity (Wildman–Crippen MR) is 47.5 cm³/mol. The van der Waals surface area contributed by atoms with Crippen LogP contribution >= 0.6 is 0 Å². The van der Waals surface area contributed by atoms with Crippen molar-refractivity contribution in [1.29, 1.82) is 0 Å². The minimum absolute atomic E-state index is 0.390. The molecule has 0 amide bonds. The van der Waals surface area contributed by atoms with E-state index in [2.05, 4.69) is 24.3 Å². The van der Waals surface area contributed by atoms with E-state index in [4.69, 9.17) is 0 Å². The van der Waals surface area contributed by atoms with Crippen LogP contribution in [0.5, 0.6) is 0 Å². The summed E-state index contributed by atoms with van der Waals surface area (Å²) in [6.07, 6.45) is 9.77. The Bertz CT molecular complexity index is 275. The van der Waals surface area contributed by atoms with Gasteiger partial charge in [0.1, 0.15) is 0 Å². The molecule has 12 heavy (non-hydrogen) atoms. The second-order valence-electron chi connectivity index (χ2n) is 4.68. The average Bonchev–Trinajstić information content (AvgIpc) is 2.62. The van der Waals surface area contributed by atoms with Crippen molar-refractivity contribution in [3.05, 3.63) is 24.3 Å². The number of allylic oxidation sites excluding steroid dienone is 4. The Morgan fingerprint density at radius 1 is 1.33 bits per heavy atom. The third kappa shape index (κ3) is 0.680. The minimum atomic E-state index is -0.390. The fourth-order valence-electron chi connectivity index (χ4n) is 3.33. The Kier molecular flexibility index (Phi) is 1.06. The highest BCUT2D eigenvalue weighted by atomic mass is 16.3. The first-order valence-electron chi connectivity index (χ1n) is 4.77. The zero-order valence-corrected chi connectivity index (χ0v) is 7.27. The van der Waals surface area contributed by atoms with Crippen molar-refractivity contribution in [1.82, 2.24) is 0 Å². The van der Waals surface area contributed by atoms with Gasteiger partial charge in [0.05, 0.1) is 5.60 Å². The summed E-state index contributed by atoms with van der Waals surface area (Å²) in [6, 6.07) is 0. The standard InChI is InChI=1S/C11H14O/c1-11(12)6-7-4-2-3-5-8-9(7)10(8)11/h2-5,7-10,12H,6H2,1H3/t7-,8+,9-,10-,11-/m0/s1. The topological polar surface area (TPSA) is 20.2 Å². The molecular weight excluding hydrogens is 148 g/mol. The number of rotatable bonds is 0. The van der Waals surface area contributed by atoms with Crippen LogP contribution in [-0.4, -0.2) is 10.7 Å². The van der Waals surface area contributed by atoms with Crippen LogP contribution in [0.25, 0.3) is 0 Å². The second kappa shape index (κ2) is 1.85. The maximum absolute atomic E-state index is 10.1. The molecule has 3 aliphatic rings. The van der Waals surface area contributed by atoms with Crippen molar-refractivity contribution in [2.75, 3.05) is 0 Å². The highest BCUT2D eigenvalue weighted by Gasteiger charge is 2.65. The van der Waals surface area contributed by atoms with Crippen molar-refractivity contribution < 1.29 is 5.11 Å². The summed E-state index contributed by atoms with van der Waals surface area (Å²) in [5.74, 6) is 2.64. The molecule has 0 unspecified atom stereocenters. The number of hydrogen-bond acceptors (Lipinski definition) is 1. The summed E-state index contributed by atoms with van der Waals surface area (Å²) in [4.78, 5) is 0. The Labute approximate surface area is 72.8 Å². The van der Waals surface area contributed by atoms with Crippen molar-refractivity contribution in [3.63, 3.8) is 0 Å². The van der Waals surface area contributed by atoms with Crippen LogP contribution in [0, 0.1) is 23.7 Å². The molecule has 0 saturated heterocycles. The summed E-state index contributed by atoms with van der Waals surface area (Å²) in [7, 11) is 0. The van der Waals surface area contributed by atoms with E-state index < -0.39 is 0 Å². The molecule has 0 aromatic carbocycles. The highest BCUT2D eigenvalue weighted by molar-refractivity contribution is 5.28. The highest BCUT2D eigenvalue weighted by Crippen LogP contribution is 2.66. The van der Waals surface area contributed by atoms with Gasteiger partial charge in [0.2, 0.25) is 0 Å². The molecule has 0 aromatic heterocycles. The van der Waals surface area contributed by atoms with E-state index in [1.807, 2.05) is 6.92 Å². The van der Waals surface area contributed by atoms with Crippen molar-refractivity contribution in [2.24, 2.45) is 23.7 Å². The van der Waals surface area contributed by atoms with E-state index in [1.54, 1.807) is 0 Å². The lowest BCUT2D eigenvalue weighted by molar-refractivity contribution is 0.0362. The zero-order chi connectivity index (χ0) is 8.34. The van der Waals surface area contributed by atoms with Gasteiger partial charge in [-0.1, -0.05) is 24.3 Å². The van der Waals surface area contributed by atoms with Gasteiger partial charge in [-0.2, -0.15) is 0 Å². The number of aliphatic hydroxyl groups is 1. The van der Waals surface area contributed by atoms with Gasteiger partial charge in [0, 0.05) is 0 Å². The van der Waals surface area contributed by atoms with Crippen molar-refractivity contribution >= 4 is 0 Å². The van der Waals surface area contributed by atoms with E-state index >= 15 is 0 Å². The molecule has 0 bridgehead atoms. The molecule has 0 heterocycles. The molecule has 2 fully saturated rings. The molecule has 1 N–H and O–H groups in total. The third-order valence-electron chi connectivity index (χ3n) is 3.80. The Morgan fingerprint density at radius 3 is 2.92 bits per heavy atom. The molecule has 0 aromatic rings. The van der Waals surface area contributed by atoms with E-state index in [9.17, 15) is 5.11 Å². The molecule has 1 nitrogen and oxygen atoms in total. The lowest BCUT2D eigenvalue weighted by atomic mass is 9.92. The van der Waals surface area contributed by atoms with Gasteiger partial charge >= 0.3 is 0 Å². The van der Waals surface area contributed by atoms with E-state index in [0.717, 1.165) is 12.3 Å². The molecule has 3 aliphatic carbocycles. The number of fused-ring (bicyclic) bond motifs is 1. The van der Waals surface area contributed by atoms with Crippen LogP contribution in [0.3, 0.4) is 0 Å². The molecule has 0 aliphatic heterocycles. The maximum atomic E-state index is 10.1. The van der Waals surface area contributed by atoms with Crippen LogP contribution in [0.2, 0.25) is 0 Å². The van der Waals surface area contributed by atoms with Gasteiger partial charge in [-0.15, -0.1) is 0 Å². The van der Waals surface area contributed by atoms with Gasteiger partial charge in [-0.25, -0.2) is 0 Å². The van der Waals surface area contributed by atoms with E-state index in [1.165, 1.54) is 0 Å². The fourth-order valence-corrected chi connectivity index (χ4v) is 3.33. The summed E-state index contributed by atoms with van der Waals surface area (Å²) in [5.41, 5.74) is -0.390. The van der Waals surface area contributed by atoms with E-state index in [-0.39, 0.29) is 5.60 Å². The first kappa shape index (κ1) is 6.90. The van der Waals surface area contributed by atoms with Crippen LogP contribution in [0.4, 0.5) is 0 Å². The fraction of sp³-hybridized carbons (Fsp3) is 0.636. The predicted octanol–water partition coefficient (Wildman–Crippen LogP) is 1.75. The van der Waals surface area contributed by atoms with Gasteiger partial charge in [-0.3, -0.25) is 0 Å². The monoisotopic (exact) mass is 162 g/mol. The van der Waals surface area contributed by atoms with Crippen LogP contribution in [0.15, 0.2) is 24.3 Å². The molecule has 1 heteroatoms. The molecule has 5 atom stereocenters. The van der Waals surface area contributed by atoms with Crippen molar-refractivity contribution in [2.45, 2.75) is 18.9 Å². The minimum Gasteiger partial charge on any atom is -0.390 e. The molecule has 0 spiro atoms. The van der Waals surface area contributed by atoms with Gasteiger partial charge in [0.15, 0.2) is 0 Å². The zero-order valence-electron chi connectivity index (χ0n) is 7.27. The lowest BCUT2D eigenvalue weighted by Crippen LogP contribution is -2.26. The molecule has 3 rings (SSSR count). The molecular formula is C11H14O. The van der Waals surface area contributed by atoms with E-state index in [0.29, 0.717) is 17.8 Å². The average molecular weight is 162 g/mol. The second-order valence-corrected chi connectivity index (χ2v) is 4.68. The SMILES string of the molecule is C[C@]1(O)C[C@@H]2C=CC=C[C@@H]3[C@H]2[C@H]31. The first-order chi connectivity index (χ1) is 5.70. The summed E-state index contributed by atoms with van der Waals surface area (Å²) >= 11 is 0. The van der Waals surface area contributed by atoms with Gasteiger partial charge < -0.3 is 5.11 Å². The summed E-state index contributed by atoms with van der Waals surface area (Å²) < 4.78 is 0. The lowest BCUT2D eigenvalue weighted by Gasteiger charge is -2.21. The molecule has 64 valence electrons.